The van der Waals surface area contributed by atoms with E-state index in [0.717, 1.165) is 21.9 Å². The molecule has 3 atom stereocenters. The van der Waals surface area contributed by atoms with Crippen LogP contribution in [0.2, 0.25) is 0 Å². The smallest absolute Gasteiger partial charge is 0.160 e. The number of rotatable bonds is 2. The third-order valence-electron chi connectivity index (χ3n) is 4.09. The fourth-order valence-corrected chi connectivity index (χ4v) is 4.50. The second-order valence-electron chi connectivity index (χ2n) is 5.69. The predicted molar refractivity (Wildman–Crippen MR) is 95.1 cm³/mol. The highest BCUT2D eigenvalue weighted by atomic mass is 79.9. The zero-order valence-corrected chi connectivity index (χ0v) is 14.6. The number of fused-ring (bicyclic) bond motifs is 1. The molecule has 3 heterocycles. The van der Waals surface area contributed by atoms with Crippen LogP contribution in [0.15, 0.2) is 58.1 Å². The highest BCUT2D eigenvalue weighted by Gasteiger charge is 2.43. The van der Waals surface area contributed by atoms with Gasteiger partial charge in [0.15, 0.2) is 5.17 Å². The second-order valence-corrected chi connectivity index (χ2v) is 8.01. The summed E-state index contributed by atoms with van der Waals surface area (Å²) in [5, 5.41) is 1.76. The number of nitrogens with zero attached hydrogens (tertiary/aromatic N) is 3. The maximum atomic E-state index is 4.98. The Labute approximate surface area is 143 Å². The molecule has 1 aromatic heterocycles. The van der Waals surface area contributed by atoms with E-state index in [1.165, 1.54) is 5.56 Å². The van der Waals surface area contributed by atoms with Crippen molar-refractivity contribution >= 4 is 32.9 Å². The van der Waals surface area contributed by atoms with Crippen LogP contribution in [0.4, 0.5) is 0 Å². The summed E-state index contributed by atoms with van der Waals surface area (Å²) in [6.45, 7) is 3.31. The average molecular weight is 374 g/mol. The third-order valence-corrected chi connectivity index (χ3v) is 5.72. The summed E-state index contributed by atoms with van der Waals surface area (Å²) >= 11 is 5.40. The lowest BCUT2D eigenvalue weighted by molar-refractivity contribution is 0.321. The summed E-state index contributed by atoms with van der Waals surface area (Å²) < 4.78 is 1.11. The summed E-state index contributed by atoms with van der Waals surface area (Å²) in [5.74, 6) is 0. The Balaban J connectivity index is 1.76. The minimum absolute atomic E-state index is 0.0809. The van der Waals surface area contributed by atoms with E-state index in [9.17, 15) is 0 Å². The fraction of sp³-hybridized carbons (Fsp3) is 0.294. The number of halogens is 1. The first-order chi connectivity index (χ1) is 10.7. The molecule has 1 fully saturated rings. The van der Waals surface area contributed by atoms with Crippen molar-refractivity contribution in [3.05, 3.63) is 64.4 Å². The van der Waals surface area contributed by atoms with Gasteiger partial charge in [0.2, 0.25) is 0 Å². The Kier molecular flexibility index (Phi) is 3.70. The first-order valence-corrected chi connectivity index (χ1v) is 9.07. The fourth-order valence-electron chi connectivity index (χ4n) is 3.14. The molecule has 5 heteroatoms. The monoisotopic (exact) mass is 373 g/mol. The Morgan fingerprint density at radius 2 is 2.00 bits per heavy atom. The van der Waals surface area contributed by atoms with E-state index >= 15 is 0 Å². The van der Waals surface area contributed by atoms with E-state index in [2.05, 4.69) is 63.1 Å². The SMILES string of the molecule is C[C@H]1CN2C(=N[C@H](c3ccccn3)[C@@H]2c2ccc(Br)cc2)S1. The average Bonchev–Trinajstić information content (AvgIpc) is 3.05. The molecule has 0 saturated carbocycles. The van der Waals surface area contributed by atoms with Crippen LogP contribution in [0.3, 0.4) is 0 Å². The maximum Gasteiger partial charge on any atom is 0.160 e. The molecule has 2 aliphatic heterocycles. The predicted octanol–water partition coefficient (Wildman–Crippen LogP) is 4.43. The van der Waals surface area contributed by atoms with Crippen LogP contribution in [0.1, 0.15) is 30.3 Å². The van der Waals surface area contributed by atoms with Crippen LogP contribution in [-0.2, 0) is 0 Å². The number of hydrogen-bond acceptors (Lipinski definition) is 4. The molecule has 22 heavy (non-hydrogen) atoms. The molecule has 2 aromatic rings. The maximum absolute atomic E-state index is 4.98. The van der Waals surface area contributed by atoms with Gasteiger partial charge in [0.25, 0.3) is 0 Å². The summed E-state index contributed by atoms with van der Waals surface area (Å²) in [4.78, 5) is 12.0. The van der Waals surface area contributed by atoms with Gasteiger partial charge in [0.05, 0.1) is 11.7 Å². The van der Waals surface area contributed by atoms with Gasteiger partial charge in [0, 0.05) is 22.5 Å². The first kappa shape index (κ1) is 14.3. The lowest BCUT2D eigenvalue weighted by Gasteiger charge is -2.27. The van der Waals surface area contributed by atoms with Crippen LogP contribution in [0, 0.1) is 0 Å². The summed E-state index contributed by atoms with van der Waals surface area (Å²) in [5.41, 5.74) is 2.35. The van der Waals surface area contributed by atoms with Crippen molar-refractivity contribution in [1.82, 2.24) is 9.88 Å². The van der Waals surface area contributed by atoms with E-state index in [4.69, 9.17) is 4.99 Å². The molecule has 0 aliphatic carbocycles. The number of aromatic nitrogens is 1. The van der Waals surface area contributed by atoms with Crippen LogP contribution in [0.5, 0.6) is 0 Å². The lowest BCUT2D eigenvalue weighted by atomic mass is 9.96. The quantitative estimate of drug-likeness (QED) is 0.779. The van der Waals surface area contributed by atoms with Crippen molar-refractivity contribution in [2.24, 2.45) is 4.99 Å². The highest BCUT2D eigenvalue weighted by molar-refractivity contribution is 9.10. The van der Waals surface area contributed by atoms with Crippen LogP contribution < -0.4 is 0 Å². The van der Waals surface area contributed by atoms with E-state index in [0.29, 0.717) is 5.25 Å². The van der Waals surface area contributed by atoms with Crippen molar-refractivity contribution in [1.29, 1.82) is 0 Å². The highest BCUT2D eigenvalue weighted by Crippen LogP contribution is 2.47. The number of pyridine rings is 1. The standard InChI is InChI=1S/C17H16BrN3S/c1-11-10-21-16(12-5-7-13(18)8-6-12)15(20-17(21)22-11)14-4-2-3-9-19-14/h2-9,11,15-16H,10H2,1H3/t11-,15+,16-/m0/s1. The number of amidine groups is 1. The summed E-state index contributed by atoms with van der Waals surface area (Å²) in [6, 6.07) is 15.0. The molecule has 0 amide bonds. The second kappa shape index (κ2) is 5.70. The Morgan fingerprint density at radius 3 is 2.73 bits per heavy atom. The Hall–Kier alpha value is -1.33. The van der Waals surface area contributed by atoms with Crippen LogP contribution in [-0.4, -0.2) is 26.8 Å². The molecule has 112 valence electrons. The van der Waals surface area contributed by atoms with Crippen molar-refractivity contribution in [3.63, 3.8) is 0 Å². The molecule has 2 aliphatic rings. The minimum atomic E-state index is 0.0809. The number of aliphatic imine (C=N–C) groups is 1. The van der Waals surface area contributed by atoms with Gasteiger partial charge in [0.1, 0.15) is 6.04 Å². The summed E-state index contributed by atoms with van der Waals surface area (Å²) in [7, 11) is 0. The molecule has 0 spiro atoms. The molecule has 1 aromatic carbocycles. The van der Waals surface area contributed by atoms with E-state index in [1.807, 2.05) is 30.1 Å². The number of thioether (sulfide) groups is 1. The number of hydrogen-bond donors (Lipinski definition) is 0. The molecule has 4 rings (SSSR count). The minimum Gasteiger partial charge on any atom is -0.341 e. The van der Waals surface area contributed by atoms with E-state index in [-0.39, 0.29) is 12.1 Å². The topological polar surface area (TPSA) is 28.5 Å². The zero-order valence-electron chi connectivity index (χ0n) is 12.2. The summed E-state index contributed by atoms with van der Waals surface area (Å²) in [6.07, 6.45) is 1.85. The third kappa shape index (κ3) is 2.46. The largest absolute Gasteiger partial charge is 0.341 e. The van der Waals surface area contributed by atoms with Gasteiger partial charge in [-0.25, -0.2) is 0 Å². The molecular formula is C17H16BrN3S. The molecule has 0 unspecified atom stereocenters. The lowest BCUT2D eigenvalue weighted by Crippen LogP contribution is -2.28. The molecule has 0 radical (unpaired) electrons. The van der Waals surface area contributed by atoms with E-state index in [1.54, 1.807) is 0 Å². The van der Waals surface area contributed by atoms with Gasteiger partial charge in [-0.15, -0.1) is 0 Å². The van der Waals surface area contributed by atoms with Gasteiger partial charge in [-0.05, 0) is 29.8 Å². The Morgan fingerprint density at radius 1 is 1.18 bits per heavy atom. The molecule has 0 N–H and O–H groups in total. The van der Waals surface area contributed by atoms with Gasteiger partial charge < -0.3 is 4.90 Å². The van der Waals surface area contributed by atoms with Gasteiger partial charge >= 0.3 is 0 Å². The van der Waals surface area contributed by atoms with Crippen LogP contribution in [0.25, 0.3) is 0 Å². The van der Waals surface area contributed by atoms with Crippen molar-refractivity contribution in [3.8, 4) is 0 Å². The van der Waals surface area contributed by atoms with E-state index < -0.39 is 0 Å². The molecule has 1 saturated heterocycles. The van der Waals surface area contributed by atoms with Crippen molar-refractivity contribution in [2.75, 3.05) is 6.54 Å². The first-order valence-electron chi connectivity index (χ1n) is 7.40. The van der Waals surface area contributed by atoms with Crippen LogP contribution >= 0.6 is 27.7 Å². The Bertz CT molecular complexity index is 702. The van der Waals surface area contributed by atoms with Gasteiger partial charge in [-0.3, -0.25) is 9.98 Å². The van der Waals surface area contributed by atoms with Gasteiger partial charge in [-0.2, -0.15) is 0 Å². The van der Waals surface area contributed by atoms with Crippen molar-refractivity contribution < 1.29 is 0 Å². The normalized spacial score (nSPS) is 26.9. The molecule has 3 nitrogen and oxygen atoms in total. The zero-order chi connectivity index (χ0) is 15.1. The van der Waals surface area contributed by atoms with Gasteiger partial charge in [-0.1, -0.05) is 52.8 Å². The molecule has 0 bridgehead atoms. The van der Waals surface area contributed by atoms with Crippen molar-refractivity contribution in [2.45, 2.75) is 24.3 Å². The molecular weight excluding hydrogens is 358 g/mol. The number of benzene rings is 1.